The number of rotatable bonds is 7. The number of hydrogen-bond donors (Lipinski definition) is 2. The van der Waals surface area contributed by atoms with E-state index in [0.29, 0.717) is 24.5 Å². The quantitative estimate of drug-likeness (QED) is 0.535. The van der Waals surface area contributed by atoms with Crippen molar-refractivity contribution in [1.29, 1.82) is 0 Å². The molecule has 3 aromatic rings. The molecular formula is C23H31N3O2S2. The zero-order chi connectivity index (χ0) is 20.5. The standard InChI is InChI=1S/C23H27N3O2S2.2H2/c27-15(3-1-2-14-4-5-16(28)10-14)11-20-22(17-6-8-25-13-21(17)29-20)23-26-18-12-24-9-7-19(18)30-23;;/h7,9,12,14,16,25,28H,1-6,8,10-11,13H2;2*1H/t14-,16-;;/m0../s1. The number of aromatic nitrogens is 2. The SMILES string of the molecule is O=C(CCC[C@H]1CC[C@H](O)C1)Cc1sc2c(c1-c1nc3cnccc3s1)CCNC2.[HH].[HH]. The molecule has 1 fully saturated rings. The molecule has 0 aromatic carbocycles. The maximum absolute atomic E-state index is 12.8. The van der Waals surface area contributed by atoms with E-state index in [2.05, 4.69) is 10.3 Å². The van der Waals surface area contributed by atoms with Crippen LogP contribution in [0.4, 0.5) is 0 Å². The van der Waals surface area contributed by atoms with Gasteiger partial charge in [-0.3, -0.25) is 9.78 Å². The van der Waals surface area contributed by atoms with Crippen LogP contribution in [0, 0.1) is 5.92 Å². The first kappa shape index (κ1) is 20.2. The van der Waals surface area contributed by atoms with Gasteiger partial charge in [-0.05, 0) is 62.6 Å². The Labute approximate surface area is 187 Å². The van der Waals surface area contributed by atoms with Gasteiger partial charge in [-0.15, -0.1) is 22.7 Å². The number of Topliss-reactive ketones (excluding diaryl/α,β-unsaturated/α-hetero) is 1. The van der Waals surface area contributed by atoms with Gasteiger partial charge in [0.1, 0.15) is 16.3 Å². The lowest BCUT2D eigenvalue weighted by atomic mass is 9.97. The number of thiazole rings is 1. The van der Waals surface area contributed by atoms with Crippen LogP contribution in [0.2, 0.25) is 0 Å². The summed E-state index contributed by atoms with van der Waals surface area (Å²) in [6, 6.07) is 2.02. The predicted octanol–water partition coefficient (Wildman–Crippen LogP) is 5.00. The molecule has 0 bridgehead atoms. The van der Waals surface area contributed by atoms with Gasteiger partial charge in [-0.2, -0.15) is 0 Å². The summed E-state index contributed by atoms with van der Waals surface area (Å²) in [5, 5.41) is 14.2. The third-order valence-corrected chi connectivity index (χ3v) is 8.63. The Kier molecular flexibility index (Phi) is 5.96. The average Bonchev–Trinajstić information content (AvgIpc) is 3.43. The van der Waals surface area contributed by atoms with Crippen LogP contribution in [-0.2, 0) is 24.2 Å². The lowest BCUT2D eigenvalue weighted by Gasteiger charge is -2.13. The molecule has 30 heavy (non-hydrogen) atoms. The van der Waals surface area contributed by atoms with Crippen molar-refractivity contribution in [3.05, 3.63) is 33.8 Å². The van der Waals surface area contributed by atoms with Crippen LogP contribution in [-0.4, -0.2) is 33.5 Å². The number of aliphatic hydroxyl groups excluding tert-OH is 1. The van der Waals surface area contributed by atoms with Crippen molar-refractivity contribution in [3.8, 4) is 10.6 Å². The summed E-state index contributed by atoms with van der Waals surface area (Å²) < 4.78 is 1.14. The zero-order valence-electron chi connectivity index (χ0n) is 17.0. The lowest BCUT2D eigenvalue weighted by Crippen LogP contribution is -2.22. The van der Waals surface area contributed by atoms with Crippen LogP contribution >= 0.6 is 22.7 Å². The summed E-state index contributed by atoms with van der Waals surface area (Å²) in [5.74, 6) is 0.920. The summed E-state index contributed by atoms with van der Waals surface area (Å²) in [5.41, 5.74) is 3.53. The summed E-state index contributed by atoms with van der Waals surface area (Å²) >= 11 is 3.49. The van der Waals surface area contributed by atoms with E-state index in [1.165, 1.54) is 20.9 Å². The number of carbonyl (C=O) groups excluding carboxylic acids is 1. The molecule has 1 aliphatic carbocycles. The molecule has 5 rings (SSSR count). The van der Waals surface area contributed by atoms with E-state index >= 15 is 0 Å². The van der Waals surface area contributed by atoms with E-state index in [-0.39, 0.29) is 8.96 Å². The second kappa shape index (κ2) is 8.83. The molecule has 7 heteroatoms. The Hall–Kier alpha value is -1.67. The summed E-state index contributed by atoms with van der Waals surface area (Å²) in [7, 11) is 0. The van der Waals surface area contributed by atoms with Gasteiger partial charge >= 0.3 is 0 Å². The Bertz CT molecular complexity index is 1040. The molecular weight excluding hydrogens is 414 g/mol. The number of hydrogen-bond acceptors (Lipinski definition) is 7. The number of thiophene rings is 1. The fourth-order valence-corrected chi connectivity index (χ4v) is 7.27. The van der Waals surface area contributed by atoms with E-state index < -0.39 is 0 Å². The van der Waals surface area contributed by atoms with Crippen molar-refractivity contribution in [2.75, 3.05) is 6.54 Å². The van der Waals surface area contributed by atoms with E-state index in [0.717, 1.165) is 66.8 Å². The minimum absolute atomic E-state index is 0. The van der Waals surface area contributed by atoms with Gasteiger partial charge in [0.2, 0.25) is 0 Å². The molecule has 0 unspecified atom stereocenters. The van der Waals surface area contributed by atoms with Crippen molar-refractivity contribution < 1.29 is 12.8 Å². The Morgan fingerprint density at radius 2 is 2.27 bits per heavy atom. The summed E-state index contributed by atoms with van der Waals surface area (Å²) in [6.07, 6.45) is 10.6. The van der Waals surface area contributed by atoms with Crippen molar-refractivity contribution in [2.45, 2.75) is 64.0 Å². The molecule has 0 amide bonds. The van der Waals surface area contributed by atoms with Gasteiger partial charge < -0.3 is 10.4 Å². The van der Waals surface area contributed by atoms with Crippen LogP contribution in [0.1, 0.15) is 56.7 Å². The fraction of sp³-hybridized carbons (Fsp3) is 0.522. The lowest BCUT2D eigenvalue weighted by molar-refractivity contribution is -0.118. The van der Waals surface area contributed by atoms with E-state index in [1.54, 1.807) is 22.7 Å². The van der Waals surface area contributed by atoms with Crippen molar-refractivity contribution >= 4 is 38.7 Å². The first-order chi connectivity index (χ1) is 14.7. The summed E-state index contributed by atoms with van der Waals surface area (Å²) in [6.45, 7) is 1.86. The Balaban J connectivity index is 0.00000144. The molecule has 2 aliphatic rings. The average molecular weight is 446 g/mol. The van der Waals surface area contributed by atoms with Crippen LogP contribution < -0.4 is 5.32 Å². The third-order valence-electron chi connectivity index (χ3n) is 6.34. The van der Waals surface area contributed by atoms with Gasteiger partial charge in [0.25, 0.3) is 0 Å². The number of nitrogens with zero attached hydrogens (tertiary/aromatic N) is 2. The highest BCUT2D eigenvalue weighted by molar-refractivity contribution is 7.22. The molecule has 2 atom stereocenters. The summed E-state index contributed by atoms with van der Waals surface area (Å²) in [4.78, 5) is 24.4. The largest absolute Gasteiger partial charge is 0.393 e. The molecule has 1 aliphatic heterocycles. The number of nitrogens with one attached hydrogen (secondary N) is 1. The predicted molar refractivity (Wildman–Crippen MR) is 126 cm³/mol. The normalized spacial score (nSPS) is 21.2. The number of fused-ring (bicyclic) bond motifs is 2. The van der Waals surface area contributed by atoms with E-state index in [9.17, 15) is 9.90 Å². The van der Waals surface area contributed by atoms with Gasteiger partial charge in [-0.1, -0.05) is 0 Å². The molecule has 2 N–H and O–H groups in total. The van der Waals surface area contributed by atoms with Crippen molar-refractivity contribution in [1.82, 2.24) is 15.3 Å². The van der Waals surface area contributed by atoms with E-state index in [1.807, 2.05) is 18.5 Å². The maximum atomic E-state index is 12.8. The number of pyridine rings is 1. The van der Waals surface area contributed by atoms with Crippen LogP contribution in [0.5, 0.6) is 0 Å². The molecule has 0 radical (unpaired) electrons. The Morgan fingerprint density at radius 1 is 1.33 bits per heavy atom. The first-order valence-electron chi connectivity index (χ1n) is 10.9. The number of ketones is 1. The topological polar surface area (TPSA) is 75.1 Å². The van der Waals surface area contributed by atoms with Gasteiger partial charge in [-0.25, -0.2) is 4.98 Å². The first-order valence-corrected chi connectivity index (χ1v) is 12.6. The number of carbonyl (C=O) groups is 1. The fourth-order valence-electron chi connectivity index (χ4n) is 4.82. The minimum Gasteiger partial charge on any atom is -0.393 e. The van der Waals surface area contributed by atoms with Gasteiger partial charge in [0.15, 0.2) is 0 Å². The molecule has 4 heterocycles. The van der Waals surface area contributed by atoms with Crippen molar-refractivity contribution in [3.63, 3.8) is 0 Å². The molecule has 1 saturated carbocycles. The van der Waals surface area contributed by atoms with Crippen LogP contribution in [0.25, 0.3) is 20.8 Å². The smallest absolute Gasteiger partial charge is 0.138 e. The second-order valence-electron chi connectivity index (χ2n) is 8.53. The van der Waals surface area contributed by atoms with Gasteiger partial charge in [0.05, 0.1) is 17.0 Å². The highest BCUT2D eigenvalue weighted by Crippen LogP contribution is 2.42. The molecule has 5 nitrogen and oxygen atoms in total. The van der Waals surface area contributed by atoms with E-state index in [4.69, 9.17) is 4.98 Å². The third kappa shape index (κ3) is 4.21. The van der Waals surface area contributed by atoms with Crippen LogP contribution in [0.15, 0.2) is 18.5 Å². The second-order valence-corrected chi connectivity index (χ2v) is 10.8. The zero-order valence-corrected chi connectivity index (χ0v) is 18.7. The van der Waals surface area contributed by atoms with Gasteiger partial charge in [0, 0.05) is 43.8 Å². The number of aliphatic hydroxyl groups is 1. The molecule has 0 saturated heterocycles. The van der Waals surface area contributed by atoms with Crippen molar-refractivity contribution in [2.24, 2.45) is 5.92 Å². The monoisotopic (exact) mass is 445 g/mol. The molecule has 162 valence electrons. The maximum Gasteiger partial charge on any atom is 0.138 e. The highest BCUT2D eigenvalue weighted by atomic mass is 32.1. The Morgan fingerprint density at radius 3 is 3.10 bits per heavy atom. The minimum atomic E-state index is -0.122. The molecule has 3 aromatic heterocycles. The molecule has 0 spiro atoms. The van der Waals surface area contributed by atoms with Crippen LogP contribution in [0.3, 0.4) is 0 Å². The highest BCUT2D eigenvalue weighted by Gasteiger charge is 2.26.